The van der Waals surface area contributed by atoms with Crippen molar-refractivity contribution in [2.45, 2.75) is 12.5 Å². The number of para-hydroxylation sites is 1. The number of anilines is 1. The zero-order valence-electron chi connectivity index (χ0n) is 14.1. The Balaban J connectivity index is 2.00. The molecule has 0 aliphatic rings. The number of benzene rings is 2. The maximum Gasteiger partial charge on any atom is 0.349 e. The Morgan fingerprint density at radius 3 is 2.48 bits per heavy atom. The predicted octanol–water partition coefficient (Wildman–Crippen LogP) is 3.29. The largest absolute Gasteiger partial charge is 0.478 e. The molecule has 0 saturated heterocycles. The van der Waals surface area contributed by atoms with Gasteiger partial charge < -0.3 is 20.5 Å². The number of carboxylic acids is 1. The third-order valence-electron chi connectivity index (χ3n) is 3.53. The fourth-order valence-electron chi connectivity index (χ4n) is 2.06. The van der Waals surface area contributed by atoms with E-state index in [-0.39, 0.29) is 22.9 Å². The minimum atomic E-state index is -1.70. The molecule has 27 heavy (non-hydrogen) atoms. The highest BCUT2D eigenvalue weighted by Crippen LogP contribution is 2.27. The zero-order chi connectivity index (χ0) is 20.0. The van der Waals surface area contributed by atoms with Crippen molar-refractivity contribution in [3.8, 4) is 5.75 Å². The molecular formula is C17H16ClN3O6. The van der Waals surface area contributed by atoms with Crippen LogP contribution >= 0.6 is 11.6 Å². The summed E-state index contributed by atoms with van der Waals surface area (Å²) in [7, 11) is 0. The Kier molecular flexibility index (Phi) is 6.19. The first-order chi connectivity index (χ1) is 12.7. The first kappa shape index (κ1) is 20.0. The summed E-state index contributed by atoms with van der Waals surface area (Å²) in [6, 6.07) is 11.3. The van der Waals surface area contributed by atoms with E-state index in [0.29, 0.717) is 5.75 Å². The van der Waals surface area contributed by atoms with Crippen LogP contribution in [0.5, 0.6) is 5.75 Å². The summed E-state index contributed by atoms with van der Waals surface area (Å²) in [6.45, 7) is 0.995. The number of carboxylic acid groups (broad SMARTS) is 1. The molecule has 2 aromatic rings. The summed E-state index contributed by atoms with van der Waals surface area (Å²) in [6.07, 6.45) is 0. The molecule has 0 bridgehead atoms. The second-order valence-electron chi connectivity index (χ2n) is 5.68. The highest BCUT2D eigenvalue weighted by atomic mass is 35.5. The van der Waals surface area contributed by atoms with Crippen LogP contribution < -0.4 is 15.4 Å². The first-order valence-electron chi connectivity index (χ1n) is 7.67. The van der Waals surface area contributed by atoms with Gasteiger partial charge in [-0.25, -0.2) is 9.59 Å². The molecule has 10 heteroatoms. The number of nitrogens with one attached hydrogen (secondary N) is 2. The average Bonchev–Trinajstić information content (AvgIpc) is 2.60. The third-order valence-corrected chi connectivity index (χ3v) is 3.83. The van der Waals surface area contributed by atoms with E-state index in [9.17, 15) is 24.8 Å². The molecule has 0 spiro atoms. The maximum absolute atomic E-state index is 12.0. The number of carbonyl (C=O) groups is 2. The van der Waals surface area contributed by atoms with Crippen LogP contribution in [0.25, 0.3) is 0 Å². The van der Waals surface area contributed by atoms with E-state index < -0.39 is 22.5 Å². The molecule has 0 saturated carbocycles. The van der Waals surface area contributed by atoms with Crippen LogP contribution in [0.4, 0.5) is 16.2 Å². The second kappa shape index (κ2) is 8.37. The van der Waals surface area contributed by atoms with Crippen molar-refractivity contribution >= 4 is 35.0 Å². The summed E-state index contributed by atoms with van der Waals surface area (Å²) >= 11 is 5.78. The molecule has 142 valence electrons. The highest BCUT2D eigenvalue weighted by molar-refractivity contribution is 6.33. The van der Waals surface area contributed by atoms with Crippen LogP contribution in [0.15, 0.2) is 48.5 Å². The van der Waals surface area contributed by atoms with E-state index >= 15 is 0 Å². The Morgan fingerprint density at radius 2 is 1.93 bits per heavy atom. The topological polar surface area (TPSA) is 131 Å². The van der Waals surface area contributed by atoms with E-state index in [2.05, 4.69) is 10.6 Å². The van der Waals surface area contributed by atoms with Gasteiger partial charge in [-0.3, -0.25) is 10.1 Å². The Morgan fingerprint density at radius 1 is 1.26 bits per heavy atom. The van der Waals surface area contributed by atoms with E-state index in [1.807, 2.05) is 0 Å². The summed E-state index contributed by atoms with van der Waals surface area (Å²) in [4.78, 5) is 33.7. The second-order valence-corrected chi connectivity index (χ2v) is 6.09. The molecule has 2 rings (SSSR count). The minimum Gasteiger partial charge on any atom is -0.478 e. The Bertz CT molecular complexity index is 861. The van der Waals surface area contributed by atoms with Gasteiger partial charge in [-0.2, -0.15) is 0 Å². The van der Waals surface area contributed by atoms with Gasteiger partial charge in [-0.15, -0.1) is 0 Å². The zero-order valence-corrected chi connectivity index (χ0v) is 14.9. The molecule has 2 amide bonds. The number of amides is 2. The molecule has 9 nitrogen and oxygen atoms in total. The fraction of sp³-hybridized carbons (Fsp3) is 0.176. The molecule has 2 aromatic carbocycles. The van der Waals surface area contributed by atoms with Crippen molar-refractivity contribution in [1.29, 1.82) is 0 Å². The molecule has 0 fully saturated rings. The highest BCUT2D eigenvalue weighted by Gasteiger charge is 2.36. The van der Waals surface area contributed by atoms with Crippen molar-refractivity contribution in [2.24, 2.45) is 0 Å². The lowest BCUT2D eigenvalue weighted by molar-refractivity contribution is -0.384. The first-order valence-corrected chi connectivity index (χ1v) is 8.05. The third kappa shape index (κ3) is 5.32. The Hall–Kier alpha value is -3.33. The Labute approximate surface area is 159 Å². The lowest BCUT2D eigenvalue weighted by atomic mass is 10.1. The van der Waals surface area contributed by atoms with Gasteiger partial charge in [0.2, 0.25) is 5.60 Å². The molecule has 0 radical (unpaired) electrons. The van der Waals surface area contributed by atoms with Gasteiger partial charge in [0.15, 0.2) is 0 Å². The van der Waals surface area contributed by atoms with Gasteiger partial charge in [0.1, 0.15) is 10.8 Å². The quantitative estimate of drug-likeness (QED) is 0.488. The van der Waals surface area contributed by atoms with Gasteiger partial charge in [0.05, 0.1) is 11.5 Å². The van der Waals surface area contributed by atoms with E-state index in [4.69, 9.17) is 16.3 Å². The van der Waals surface area contributed by atoms with Gasteiger partial charge in [-0.05, 0) is 31.2 Å². The average molecular weight is 394 g/mol. The van der Waals surface area contributed by atoms with Crippen LogP contribution in [0.1, 0.15) is 6.92 Å². The molecular weight excluding hydrogens is 378 g/mol. The fourth-order valence-corrected chi connectivity index (χ4v) is 2.31. The van der Waals surface area contributed by atoms with Gasteiger partial charge in [-0.1, -0.05) is 29.8 Å². The molecule has 3 N–H and O–H groups in total. The summed E-state index contributed by atoms with van der Waals surface area (Å²) in [5, 5.41) is 24.8. The SMILES string of the molecule is CC(CNC(=O)Nc1ccc([N+](=O)[O-])c(Cl)c1)(Oc1ccccc1)C(=O)O. The number of halogens is 1. The standard InChI is InChI=1S/C17H16ClN3O6/c1-17(15(22)23,27-12-5-3-2-4-6-12)10-19-16(24)20-11-7-8-14(21(25)26)13(18)9-11/h2-9H,10H2,1H3,(H,22,23)(H2,19,20,24). The molecule has 1 atom stereocenters. The number of nitrogens with zero attached hydrogens (tertiary/aromatic N) is 1. The number of nitro benzene ring substituents is 1. The molecule has 0 aliphatic heterocycles. The molecule has 0 aliphatic carbocycles. The van der Waals surface area contributed by atoms with Crippen molar-refractivity contribution in [3.05, 3.63) is 63.7 Å². The number of urea groups is 1. The number of ether oxygens (including phenoxy) is 1. The van der Waals surface area contributed by atoms with Crippen molar-refractivity contribution in [3.63, 3.8) is 0 Å². The van der Waals surface area contributed by atoms with Crippen LogP contribution in [0, 0.1) is 10.1 Å². The molecule has 1 unspecified atom stereocenters. The van der Waals surface area contributed by atoms with Crippen molar-refractivity contribution in [1.82, 2.24) is 5.32 Å². The lowest BCUT2D eigenvalue weighted by Gasteiger charge is -2.26. The molecule has 0 aromatic heterocycles. The number of hydrogen-bond donors (Lipinski definition) is 3. The number of rotatable bonds is 7. The minimum absolute atomic E-state index is 0.138. The maximum atomic E-state index is 12.0. The van der Waals surface area contributed by atoms with Crippen molar-refractivity contribution < 1.29 is 24.4 Å². The van der Waals surface area contributed by atoms with Crippen LogP contribution in [0.2, 0.25) is 5.02 Å². The van der Waals surface area contributed by atoms with E-state index in [1.54, 1.807) is 30.3 Å². The lowest BCUT2D eigenvalue weighted by Crippen LogP contribution is -2.51. The number of nitro groups is 1. The predicted molar refractivity (Wildman–Crippen MR) is 98.2 cm³/mol. The van der Waals surface area contributed by atoms with E-state index in [0.717, 1.165) is 6.07 Å². The number of aliphatic carboxylic acids is 1. The summed E-state index contributed by atoms with van der Waals surface area (Å²) in [5.74, 6) is -0.920. The van der Waals surface area contributed by atoms with Gasteiger partial charge in [0, 0.05) is 11.8 Å². The smallest absolute Gasteiger partial charge is 0.349 e. The molecule has 0 heterocycles. The van der Waals surface area contributed by atoms with Crippen LogP contribution in [-0.2, 0) is 4.79 Å². The van der Waals surface area contributed by atoms with Gasteiger partial charge in [0.25, 0.3) is 5.69 Å². The summed E-state index contributed by atoms with van der Waals surface area (Å²) in [5.41, 5.74) is -1.78. The summed E-state index contributed by atoms with van der Waals surface area (Å²) < 4.78 is 5.49. The van der Waals surface area contributed by atoms with Crippen LogP contribution in [0.3, 0.4) is 0 Å². The number of carbonyl (C=O) groups excluding carboxylic acids is 1. The van der Waals surface area contributed by atoms with E-state index in [1.165, 1.54) is 19.1 Å². The monoisotopic (exact) mass is 393 g/mol. The number of hydrogen-bond acceptors (Lipinski definition) is 5. The van der Waals surface area contributed by atoms with Crippen LogP contribution in [-0.4, -0.2) is 34.2 Å². The normalized spacial score (nSPS) is 12.5. The van der Waals surface area contributed by atoms with Gasteiger partial charge >= 0.3 is 12.0 Å². The van der Waals surface area contributed by atoms with Crippen molar-refractivity contribution in [2.75, 3.05) is 11.9 Å².